The summed E-state index contributed by atoms with van der Waals surface area (Å²) in [7, 11) is -3.53. The molecule has 1 aliphatic carbocycles. The highest BCUT2D eigenvalue weighted by molar-refractivity contribution is 7.89. The van der Waals surface area contributed by atoms with Gasteiger partial charge in [0.05, 0.1) is 4.90 Å². The van der Waals surface area contributed by atoms with Crippen LogP contribution in [-0.4, -0.2) is 33.5 Å². The maximum Gasteiger partial charge on any atom is 0.251 e. The lowest BCUT2D eigenvalue weighted by Gasteiger charge is -2.08. The minimum Gasteiger partial charge on any atom is -0.352 e. The Morgan fingerprint density at radius 3 is 2.71 bits per heavy atom. The van der Waals surface area contributed by atoms with Crippen LogP contribution in [0.1, 0.15) is 36.0 Å². The van der Waals surface area contributed by atoms with Crippen LogP contribution < -0.4 is 15.8 Å². The maximum atomic E-state index is 12.1. The summed E-state index contributed by atoms with van der Waals surface area (Å²) in [5.74, 6) is -0.268. The molecule has 116 valence electrons. The average Bonchev–Trinajstić information content (AvgIpc) is 3.27. The predicted molar refractivity (Wildman–Crippen MR) is 80.4 cm³/mol. The number of benzene rings is 1. The molecule has 0 bridgehead atoms. The molecule has 0 radical (unpaired) electrons. The Labute approximate surface area is 125 Å². The lowest BCUT2D eigenvalue weighted by molar-refractivity contribution is 0.0953. The lowest BCUT2D eigenvalue weighted by Crippen LogP contribution is -2.27. The van der Waals surface area contributed by atoms with Gasteiger partial charge < -0.3 is 11.1 Å². The number of amides is 1. The van der Waals surface area contributed by atoms with Crippen molar-refractivity contribution >= 4 is 15.9 Å². The number of sulfonamides is 1. The highest BCUT2D eigenvalue weighted by atomic mass is 32.2. The number of unbranched alkanes of at least 4 members (excludes halogenated alkanes) is 1. The molecule has 0 unspecified atom stereocenters. The van der Waals surface area contributed by atoms with Gasteiger partial charge in [-0.2, -0.15) is 0 Å². The Morgan fingerprint density at radius 2 is 2.05 bits per heavy atom. The van der Waals surface area contributed by atoms with E-state index in [0.29, 0.717) is 18.7 Å². The number of hydrogen-bond donors (Lipinski definition) is 3. The van der Waals surface area contributed by atoms with Gasteiger partial charge in [-0.1, -0.05) is 6.07 Å². The number of hydrogen-bond acceptors (Lipinski definition) is 4. The minimum atomic E-state index is -3.53. The molecule has 6 nitrogen and oxygen atoms in total. The van der Waals surface area contributed by atoms with Gasteiger partial charge in [0, 0.05) is 18.2 Å². The molecule has 0 aromatic heterocycles. The van der Waals surface area contributed by atoms with E-state index >= 15 is 0 Å². The summed E-state index contributed by atoms with van der Waals surface area (Å²) in [6.45, 7) is 1.13. The third-order valence-corrected chi connectivity index (χ3v) is 4.74. The van der Waals surface area contributed by atoms with Crippen LogP contribution >= 0.6 is 0 Å². The van der Waals surface area contributed by atoms with E-state index in [-0.39, 0.29) is 16.8 Å². The van der Waals surface area contributed by atoms with Crippen LogP contribution in [0.5, 0.6) is 0 Å². The first-order chi connectivity index (χ1) is 10.0. The van der Waals surface area contributed by atoms with Crippen LogP contribution in [0.4, 0.5) is 0 Å². The van der Waals surface area contributed by atoms with E-state index in [1.165, 1.54) is 12.1 Å². The van der Waals surface area contributed by atoms with E-state index in [2.05, 4.69) is 10.0 Å². The minimum absolute atomic E-state index is 0.0451. The summed E-state index contributed by atoms with van der Waals surface area (Å²) >= 11 is 0. The van der Waals surface area contributed by atoms with Crippen LogP contribution in [0.15, 0.2) is 29.2 Å². The zero-order valence-corrected chi connectivity index (χ0v) is 12.7. The Hall–Kier alpha value is -1.44. The van der Waals surface area contributed by atoms with Crippen LogP contribution in [0, 0.1) is 0 Å². The predicted octanol–water partition coefficient (Wildman–Crippen LogP) is 0.596. The average molecular weight is 311 g/mol. The fourth-order valence-corrected chi connectivity index (χ4v) is 3.22. The van der Waals surface area contributed by atoms with Gasteiger partial charge in [-0.3, -0.25) is 4.79 Å². The van der Waals surface area contributed by atoms with Crippen molar-refractivity contribution in [2.75, 3.05) is 13.1 Å². The van der Waals surface area contributed by atoms with E-state index in [4.69, 9.17) is 5.73 Å². The number of carbonyl (C=O) groups excluding carboxylic acids is 1. The van der Waals surface area contributed by atoms with E-state index in [0.717, 1.165) is 25.7 Å². The summed E-state index contributed by atoms with van der Waals surface area (Å²) in [4.78, 5) is 12.1. The van der Waals surface area contributed by atoms with Crippen LogP contribution in [0.2, 0.25) is 0 Å². The summed E-state index contributed by atoms with van der Waals surface area (Å²) in [6.07, 6.45) is 3.41. The molecule has 1 saturated carbocycles. The van der Waals surface area contributed by atoms with Gasteiger partial charge in [-0.15, -0.1) is 0 Å². The highest BCUT2D eigenvalue weighted by Gasteiger charge is 2.28. The molecule has 1 aromatic rings. The van der Waals surface area contributed by atoms with Gasteiger partial charge in [-0.05, 0) is 50.4 Å². The van der Waals surface area contributed by atoms with Crippen LogP contribution in [0.25, 0.3) is 0 Å². The number of carbonyl (C=O) groups is 1. The lowest BCUT2D eigenvalue weighted by atomic mass is 10.2. The summed E-state index contributed by atoms with van der Waals surface area (Å²) in [5, 5.41) is 2.76. The second kappa shape index (κ2) is 7.02. The number of nitrogens with one attached hydrogen (secondary N) is 2. The second-order valence-electron chi connectivity index (χ2n) is 5.18. The molecule has 0 aliphatic heterocycles. The van der Waals surface area contributed by atoms with Crippen LogP contribution in [-0.2, 0) is 10.0 Å². The zero-order chi connectivity index (χ0) is 15.3. The maximum absolute atomic E-state index is 12.1. The molecule has 0 spiro atoms. The molecule has 0 saturated heterocycles. The monoisotopic (exact) mass is 311 g/mol. The Morgan fingerprint density at radius 1 is 1.29 bits per heavy atom. The van der Waals surface area contributed by atoms with Gasteiger partial charge in [-0.25, -0.2) is 13.1 Å². The Balaban J connectivity index is 2.01. The second-order valence-corrected chi connectivity index (χ2v) is 6.89. The molecule has 1 fully saturated rings. The third kappa shape index (κ3) is 4.80. The molecule has 1 amide bonds. The molecule has 2 rings (SSSR count). The molecular formula is C14H21N3O3S. The third-order valence-electron chi connectivity index (χ3n) is 3.22. The van der Waals surface area contributed by atoms with E-state index in [1.807, 2.05) is 0 Å². The first-order valence-electron chi connectivity index (χ1n) is 7.13. The normalized spacial score (nSPS) is 14.9. The molecule has 7 heteroatoms. The molecule has 0 atom stereocenters. The fourth-order valence-electron chi connectivity index (χ4n) is 1.87. The van der Waals surface area contributed by atoms with Crippen molar-refractivity contribution in [2.45, 2.75) is 36.6 Å². The van der Waals surface area contributed by atoms with Crippen molar-refractivity contribution in [3.05, 3.63) is 29.8 Å². The van der Waals surface area contributed by atoms with Crippen molar-refractivity contribution < 1.29 is 13.2 Å². The van der Waals surface area contributed by atoms with Crippen molar-refractivity contribution in [1.29, 1.82) is 0 Å². The number of rotatable bonds is 8. The van der Waals surface area contributed by atoms with Crippen molar-refractivity contribution in [3.63, 3.8) is 0 Å². The zero-order valence-electron chi connectivity index (χ0n) is 11.8. The molecule has 0 heterocycles. The summed E-state index contributed by atoms with van der Waals surface area (Å²) < 4.78 is 26.8. The van der Waals surface area contributed by atoms with Crippen molar-refractivity contribution in [2.24, 2.45) is 5.73 Å². The van der Waals surface area contributed by atoms with Gasteiger partial charge in [0.2, 0.25) is 10.0 Å². The molecule has 1 aliphatic rings. The topological polar surface area (TPSA) is 101 Å². The van der Waals surface area contributed by atoms with Gasteiger partial charge in [0.15, 0.2) is 0 Å². The van der Waals surface area contributed by atoms with E-state index in [1.54, 1.807) is 12.1 Å². The summed E-state index contributed by atoms with van der Waals surface area (Å²) in [6, 6.07) is 6.13. The smallest absolute Gasteiger partial charge is 0.251 e. The van der Waals surface area contributed by atoms with Gasteiger partial charge >= 0.3 is 0 Å². The van der Waals surface area contributed by atoms with E-state index < -0.39 is 10.0 Å². The summed E-state index contributed by atoms with van der Waals surface area (Å²) in [5.41, 5.74) is 5.73. The van der Waals surface area contributed by atoms with Crippen LogP contribution in [0.3, 0.4) is 0 Å². The fraction of sp³-hybridized carbons (Fsp3) is 0.500. The quantitative estimate of drug-likeness (QED) is 0.612. The van der Waals surface area contributed by atoms with Gasteiger partial charge in [0.25, 0.3) is 5.91 Å². The first kappa shape index (κ1) is 15.9. The Kier molecular flexibility index (Phi) is 5.33. The largest absolute Gasteiger partial charge is 0.352 e. The van der Waals surface area contributed by atoms with Crippen molar-refractivity contribution in [1.82, 2.24) is 10.0 Å². The van der Waals surface area contributed by atoms with Crippen molar-refractivity contribution in [3.8, 4) is 0 Å². The molecule has 1 aromatic carbocycles. The highest BCUT2D eigenvalue weighted by Crippen LogP contribution is 2.22. The molecule has 21 heavy (non-hydrogen) atoms. The molecular weight excluding hydrogens is 290 g/mol. The van der Waals surface area contributed by atoms with E-state index in [9.17, 15) is 13.2 Å². The molecule has 4 N–H and O–H groups in total. The standard InChI is InChI=1S/C14H21N3O3S/c15-8-1-2-9-16-14(18)11-4-3-5-13(10-11)21(19,20)17-12-6-7-12/h3-5,10,12,17H,1-2,6-9,15H2,(H,16,18). The Bertz CT molecular complexity index is 597. The SMILES string of the molecule is NCCCCNC(=O)c1cccc(S(=O)(=O)NC2CC2)c1. The first-order valence-corrected chi connectivity index (χ1v) is 8.62. The van der Waals surface area contributed by atoms with Gasteiger partial charge in [0.1, 0.15) is 0 Å². The number of nitrogens with two attached hydrogens (primary N) is 1.